The molecule has 1 aliphatic rings. The van der Waals surface area contributed by atoms with E-state index in [1.54, 1.807) is 4.90 Å². The van der Waals surface area contributed by atoms with Crippen molar-refractivity contribution in [3.63, 3.8) is 0 Å². The van der Waals surface area contributed by atoms with Crippen molar-refractivity contribution in [1.82, 2.24) is 10.2 Å². The molecule has 2 rings (SSSR count). The van der Waals surface area contributed by atoms with Gasteiger partial charge in [-0.05, 0) is 24.6 Å². The molecular weight excluding hydrogens is 242 g/mol. The number of nitrogens with one attached hydrogen (secondary N) is 1. The van der Waals surface area contributed by atoms with Crippen LogP contribution < -0.4 is 11.1 Å². The fraction of sp³-hybridized carbons (Fsp3) is 0.429. The van der Waals surface area contributed by atoms with Crippen LogP contribution in [0.1, 0.15) is 22.3 Å². The van der Waals surface area contributed by atoms with Crippen molar-refractivity contribution in [2.45, 2.75) is 12.8 Å². The lowest BCUT2D eigenvalue weighted by Gasteiger charge is -2.21. The Kier molecular flexibility index (Phi) is 4.52. The summed E-state index contributed by atoms with van der Waals surface area (Å²) in [7, 11) is 0. The molecule has 1 aromatic rings. The molecule has 0 aliphatic carbocycles. The van der Waals surface area contributed by atoms with Gasteiger partial charge in [0.1, 0.15) is 0 Å². The number of hydrogen-bond donors (Lipinski definition) is 2. The fourth-order valence-corrected chi connectivity index (χ4v) is 2.24. The van der Waals surface area contributed by atoms with Crippen molar-refractivity contribution in [1.29, 1.82) is 0 Å². The Bertz CT molecular complexity index is 474. The van der Waals surface area contributed by atoms with Crippen LogP contribution in [0.5, 0.6) is 0 Å². The van der Waals surface area contributed by atoms with Crippen molar-refractivity contribution in [2.24, 2.45) is 5.73 Å². The second-order valence-corrected chi connectivity index (χ2v) is 4.59. The normalized spacial score (nSPS) is 15.8. The molecule has 102 valence electrons. The van der Waals surface area contributed by atoms with Crippen LogP contribution in [0.25, 0.3) is 0 Å². The van der Waals surface area contributed by atoms with E-state index in [2.05, 4.69) is 5.32 Å². The van der Waals surface area contributed by atoms with E-state index >= 15 is 0 Å². The molecule has 0 spiro atoms. The van der Waals surface area contributed by atoms with Crippen molar-refractivity contribution in [2.75, 3.05) is 26.2 Å². The van der Waals surface area contributed by atoms with Gasteiger partial charge in [-0.15, -0.1) is 0 Å². The summed E-state index contributed by atoms with van der Waals surface area (Å²) >= 11 is 0. The highest BCUT2D eigenvalue weighted by molar-refractivity contribution is 5.96. The van der Waals surface area contributed by atoms with E-state index in [-0.39, 0.29) is 11.8 Å². The van der Waals surface area contributed by atoms with Crippen LogP contribution in [-0.4, -0.2) is 42.9 Å². The van der Waals surface area contributed by atoms with Gasteiger partial charge in [0.05, 0.1) is 0 Å². The molecule has 3 N–H and O–H groups in total. The Hall–Kier alpha value is -1.88. The summed E-state index contributed by atoms with van der Waals surface area (Å²) in [6.45, 7) is 2.07. The molecule has 19 heavy (non-hydrogen) atoms. The lowest BCUT2D eigenvalue weighted by molar-refractivity contribution is -0.120. The first-order chi connectivity index (χ1) is 9.22. The maximum absolute atomic E-state index is 12.5. The van der Waals surface area contributed by atoms with Crippen LogP contribution in [0, 0.1) is 0 Å². The Labute approximate surface area is 112 Å². The van der Waals surface area contributed by atoms with Gasteiger partial charge in [0.15, 0.2) is 0 Å². The van der Waals surface area contributed by atoms with E-state index in [1.807, 2.05) is 24.3 Å². The largest absolute Gasteiger partial charge is 0.354 e. The molecule has 0 aromatic heterocycles. The zero-order valence-corrected chi connectivity index (χ0v) is 10.9. The summed E-state index contributed by atoms with van der Waals surface area (Å²) in [6, 6.07) is 7.53. The number of nitrogens with two attached hydrogens (primary N) is 1. The third-order valence-electron chi connectivity index (χ3n) is 3.26. The number of carbonyl (C=O) groups is 2. The highest BCUT2D eigenvalue weighted by atomic mass is 16.2. The third kappa shape index (κ3) is 3.32. The molecule has 0 radical (unpaired) electrons. The quantitative estimate of drug-likeness (QED) is 0.813. The molecule has 0 atom stereocenters. The summed E-state index contributed by atoms with van der Waals surface area (Å²) in [5.74, 6) is -0.00825. The van der Waals surface area contributed by atoms with Gasteiger partial charge in [-0.2, -0.15) is 0 Å². The number of benzene rings is 1. The summed E-state index contributed by atoms with van der Waals surface area (Å²) in [6.07, 6.45) is 1.05. The SMILES string of the molecule is NCCc1ccccc1C(=O)N1CCNC(=O)CC1. The lowest BCUT2D eigenvalue weighted by atomic mass is 10.0. The maximum Gasteiger partial charge on any atom is 0.254 e. The Morgan fingerprint density at radius 1 is 1.32 bits per heavy atom. The Balaban J connectivity index is 2.16. The summed E-state index contributed by atoms with van der Waals surface area (Å²) in [5, 5.41) is 2.77. The highest BCUT2D eigenvalue weighted by Gasteiger charge is 2.21. The third-order valence-corrected chi connectivity index (χ3v) is 3.26. The van der Waals surface area contributed by atoms with E-state index in [0.717, 1.165) is 5.56 Å². The van der Waals surface area contributed by atoms with Crippen molar-refractivity contribution in [3.8, 4) is 0 Å². The summed E-state index contributed by atoms with van der Waals surface area (Å²) < 4.78 is 0. The molecular formula is C14H19N3O2. The first-order valence-electron chi connectivity index (χ1n) is 6.56. The molecule has 2 amide bonds. The first kappa shape index (κ1) is 13.5. The molecule has 5 heteroatoms. The van der Waals surface area contributed by atoms with Crippen molar-refractivity contribution in [3.05, 3.63) is 35.4 Å². The summed E-state index contributed by atoms with van der Waals surface area (Å²) in [5.41, 5.74) is 7.24. The predicted octanol–water partition coefficient (Wildman–Crippen LogP) is 0.150. The minimum absolute atomic E-state index is 0.00513. The summed E-state index contributed by atoms with van der Waals surface area (Å²) in [4.78, 5) is 25.5. The Morgan fingerprint density at radius 3 is 2.89 bits per heavy atom. The van der Waals surface area contributed by atoms with Gasteiger partial charge < -0.3 is 16.0 Å². The number of hydrogen-bond acceptors (Lipinski definition) is 3. The van der Waals surface area contributed by atoms with E-state index in [9.17, 15) is 9.59 Å². The smallest absolute Gasteiger partial charge is 0.254 e. The van der Waals surface area contributed by atoms with Gasteiger partial charge in [-0.1, -0.05) is 18.2 Å². The van der Waals surface area contributed by atoms with Gasteiger partial charge in [0.25, 0.3) is 5.91 Å². The second kappa shape index (κ2) is 6.33. The van der Waals surface area contributed by atoms with Crippen LogP contribution >= 0.6 is 0 Å². The molecule has 5 nitrogen and oxygen atoms in total. The second-order valence-electron chi connectivity index (χ2n) is 4.59. The molecule has 0 bridgehead atoms. The number of carbonyl (C=O) groups excluding carboxylic acids is 2. The molecule has 1 saturated heterocycles. The number of rotatable bonds is 3. The van der Waals surface area contributed by atoms with Gasteiger partial charge in [0, 0.05) is 31.6 Å². The van der Waals surface area contributed by atoms with Crippen LogP contribution in [-0.2, 0) is 11.2 Å². The predicted molar refractivity (Wildman–Crippen MR) is 72.7 cm³/mol. The van der Waals surface area contributed by atoms with Crippen LogP contribution in [0.4, 0.5) is 0 Å². The average molecular weight is 261 g/mol. The highest BCUT2D eigenvalue weighted by Crippen LogP contribution is 2.13. The van der Waals surface area contributed by atoms with Gasteiger partial charge in [-0.3, -0.25) is 9.59 Å². The maximum atomic E-state index is 12.5. The zero-order valence-electron chi connectivity index (χ0n) is 10.9. The average Bonchev–Trinajstić information content (AvgIpc) is 2.64. The molecule has 0 saturated carbocycles. The molecule has 1 fully saturated rings. The number of amides is 2. The topological polar surface area (TPSA) is 75.4 Å². The monoisotopic (exact) mass is 261 g/mol. The van der Waals surface area contributed by atoms with E-state index in [1.165, 1.54) is 0 Å². The molecule has 1 aliphatic heterocycles. The van der Waals surface area contributed by atoms with Gasteiger partial charge in [-0.25, -0.2) is 0 Å². The fourth-order valence-electron chi connectivity index (χ4n) is 2.24. The van der Waals surface area contributed by atoms with Crippen molar-refractivity contribution >= 4 is 11.8 Å². The van der Waals surface area contributed by atoms with Crippen LogP contribution in [0.15, 0.2) is 24.3 Å². The molecule has 0 unspecified atom stereocenters. The molecule has 1 heterocycles. The van der Waals surface area contributed by atoms with Crippen LogP contribution in [0.2, 0.25) is 0 Å². The molecule has 1 aromatic carbocycles. The van der Waals surface area contributed by atoms with Gasteiger partial charge >= 0.3 is 0 Å². The lowest BCUT2D eigenvalue weighted by Crippen LogP contribution is -2.34. The van der Waals surface area contributed by atoms with Crippen molar-refractivity contribution < 1.29 is 9.59 Å². The number of nitrogens with zero attached hydrogens (tertiary/aromatic N) is 1. The zero-order chi connectivity index (χ0) is 13.7. The minimum Gasteiger partial charge on any atom is -0.354 e. The van der Waals surface area contributed by atoms with E-state index in [4.69, 9.17) is 5.73 Å². The van der Waals surface area contributed by atoms with Gasteiger partial charge in [0.2, 0.25) is 5.91 Å². The minimum atomic E-state index is -0.0134. The Morgan fingerprint density at radius 2 is 2.11 bits per heavy atom. The standard InChI is InChI=1S/C14H19N3O2/c15-7-5-11-3-1-2-4-12(11)14(19)17-9-6-13(18)16-8-10-17/h1-4H,5-10,15H2,(H,16,18). The van der Waals surface area contributed by atoms with Crippen LogP contribution in [0.3, 0.4) is 0 Å². The van der Waals surface area contributed by atoms with E-state index in [0.29, 0.717) is 44.6 Å². The first-order valence-corrected chi connectivity index (χ1v) is 6.56. The van der Waals surface area contributed by atoms with E-state index < -0.39 is 0 Å².